The minimum absolute atomic E-state index is 0.0234. The second-order valence-corrected chi connectivity index (χ2v) is 3.55. The standard InChI is InChI=1S/C12H16N2O4/c1-14-11(15)3-4-18-12(16)8-5-9(13)7-10(6-8)17-2/h5-7H,3-4,13H2,1-2H3,(H,14,15). The zero-order chi connectivity index (χ0) is 13.5. The van der Waals surface area contributed by atoms with Gasteiger partial charge >= 0.3 is 5.97 Å². The van der Waals surface area contributed by atoms with E-state index in [2.05, 4.69) is 5.32 Å². The summed E-state index contributed by atoms with van der Waals surface area (Å²) in [6.07, 6.45) is 0.127. The summed E-state index contributed by atoms with van der Waals surface area (Å²) in [6, 6.07) is 4.62. The number of nitrogen functional groups attached to an aromatic ring is 1. The van der Waals surface area contributed by atoms with Crippen LogP contribution in [0, 0.1) is 0 Å². The number of methoxy groups -OCH3 is 1. The second-order valence-electron chi connectivity index (χ2n) is 3.55. The number of nitrogens with two attached hydrogens (primary N) is 1. The van der Waals surface area contributed by atoms with Gasteiger partial charge in [-0.15, -0.1) is 0 Å². The molecule has 0 aromatic heterocycles. The average Bonchev–Trinajstić information content (AvgIpc) is 2.37. The summed E-state index contributed by atoms with van der Waals surface area (Å²) < 4.78 is 9.94. The van der Waals surface area contributed by atoms with Gasteiger partial charge in [0.15, 0.2) is 0 Å². The molecule has 0 aliphatic carbocycles. The van der Waals surface area contributed by atoms with Gasteiger partial charge < -0.3 is 20.5 Å². The van der Waals surface area contributed by atoms with Crippen molar-refractivity contribution >= 4 is 17.6 Å². The molecular formula is C12H16N2O4. The number of esters is 1. The third-order valence-electron chi connectivity index (χ3n) is 2.24. The van der Waals surface area contributed by atoms with Crippen LogP contribution in [0.2, 0.25) is 0 Å². The predicted molar refractivity (Wildman–Crippen MR) is 66.4 cm³/mol. The summed E-state index contributed by atoms with van der Waals surface area (Å²) in [5.41, 5.74) is 6.32. The number of hydrogen-bond donors (Lipinski definition) is 2. The van der Waals surface area contributed by atoms with E-state index in [1.165, 1.54) is 26.3 Å². The summed E-state index contributed by atoms with van der Waals surface area (Å²) in [4.78, 5) is 22.6. The molecule has 1 aromatic rings. The van der Waals surface area contributed by atoms with Crippen LogP contribution in [0.3, 0.4) is 0 Å². The zero-order valence-corrected chi connectivity index (χ0v) is 10.4. The van der Waals surface area contributed by atoms with Gasteiger partial charge in [-0.2, -0.15) is 0 Å². The van der Waals surface area contributed by atoms with Crippen LogP contribution in [0.1, 0.15) is 16.8 Å². The highest BCUT2D eigenvalue weighted by Crippen LogP contribution is 2.19. The van der Waals surface area contributed by atoms with Crippen LogP contribution in [0.15, 0.2) is 18.2 Å². The molecule has 3 N–H and O–H groups in total. The van der Waals surface area contributed by atoms with Crippen LogP contribution in [0.25, 0.3) is 0 Å². The molecule has 98 valence electrons. The number of anilines is 1. The van der Waals surface area contributed by atoms with E-state index in [-0.39, 0.29) is 18.9 Å². The maximum Gasteiger partial charge on any atom is 0.338 e. The fourth-order valence-electron chi connectivity index (χ4n) is 1.30. The summed E-state index contributed by atoms with van der Waals surface area (Å²) in [5, 5.41) is 2.44. The van der Waals surface area contributed by atoms with E-state index < -0.39 is 5.97 Å². The Morgan fingerprint density at radius 3 is 2.67 bits per heavy atom. The van der Waals surface area contributed by atoms with Gasteiger partial charge in [-0.05, 0) is 12.1 Å². The van der Waals surface area contributed by atoms with Crippen molar-refractivity contribution in [2.24, 2.45) is 0 Å². The second kappa shape index (κ2) is 6.48. The molecule has 0 spiro atoms. The number of nitrogens with one attached hydrogen (secondary N) is 1. The van der Waals surface area contributed by atoms with Crippen molar-refractivity contribution < 1.29 is 19.1 Å². The molecule has 6 heteroatoms. The summed E-state index contributed by atoms with van der Waals surface area (Å²) >= 11 is 0. The van der Waals surface area contributed by atoms with E-state index >= 15 is 0 Å². The molecule has 1 aromatic carbocycles. The van der Waals surface area contributed by atoms with Gasteiger partial charge in [0, 0.05) is 18.8 Å². The highest BCUT2D eigenvalue weighted by Gasteiger charge is 2.10. The normalized spacial score (nSPS) is 9.67. The van der Waals surface area contributed by atoms with Crippen molar-refractivity contribution in [3.8, 4) is 5.75 Å². The summed E-state index contributed by atoms with van der Waals surface area (Å²) in [6.45, 7) is 0.0234. The Hall–Kier alpha value is -2.24. The number of amides is 1. The lowest BCUT2D eigenvalue weighted by Gasteiger charge is -2.07. The monoisotopic (exact) mass is 252 g/mol. The highest BCUT2D eigenvalue weighted by atomic mass is 16.5. The highest BCUT2D eigenvalue weighted by molar-refractivity contribution is 5.91. The van der Waals surface area contributed by atoms with E-state index in [0.717, 1.165) is 0 Å². The Morgan fingerprint density at radius 2 is 2.06 bits per heavy atom. The topological polar surface area (TPSA) is 90.7 Å². The first-order chi connectivity index (χ1) is 8.56. The van der Waals surface area contributed by atoms with Crippen molar-refractivity contribution in [1.82, 2.24) is 5.32 Å². The number of benzene rings is 1. The first-order valence-electron chi connectivity index (χ1n) is 5.39. The quantitative estimate of drug-likeness (QED) is 0.590. The minimum Gasteiger partial charge on any atom is -0.497 e. The Labute approximate surface area is 105 Å². The minimum atomic E-state index is -0.537. The third-order valence-corrected chi connectivity index (χ3v) is 2.24. The lowest BCUT2D eigenvalue weighted by Crippen LogP contribution is -2.20. The van der Waals surface area contributed by atoms with Crippen LogP contribution in [0.4, 0.5) is 5.69 Å². The van der Waals surface area contributed by atoms with Crippen molar-refractivity contribution in [3.63, 3.8) is 0 Å². The molecule has 0 aliphatic rings. The summed E-state index contributed by atoms with van der Waals surface area (Å²) in [5.74, 6) is -0.245. The molecule has 0 bridgehead atoms. The fourth-order valence-corrected chi connectivity index (χ4v) is 1.30. The number of rotatable bonds is 5. The van der Waals surface area contributed by atoms with E-state index in [0.29, 0.717) is 17.0 Å². The van der Waals surface area contributed by atoms with Gasteiger partial charge in [0.25, 0.3) is 0 Å². The van der Waals surface area contributed by atoms with E-state index in [4.69, 9.17) is 15.2 Å². The Morgan fingerprint density at radius 1 is 1.33 bits per heavy atom. The van der Waals surface area contributed by atoms with Crippen LogP contribution in [0.5, 0.6) is 5.75 Å². The first kappa shape index (κ1) is 13.8. The van der Waals surface area contributed by atoms with Gasteiger partial charge in [-0.1, -0.05) is 0 Å². The van der Waals surface area contributed by atoms with Gasteiger partial charge in [0.05, 0.1) is 19.1 Å². The molecule has 0 saturated carbocycles. The van der Waals surface area contributed by atoms with Crippen LogP contribution in [-0.4, -0.2) is 32.6 Å². The third kappa shape index (κ3) is 3.97. The van der Waals surface area contributed by atoms with Gasteiger partial charge in [0.1, 0.15) is 12.4 Å². The van der Waals surface area contributed by atoms with E-state index in [1.807, 2.05) is 0 Å². The first-order valence-corrected chi connectivity index (χ1v) is 5.39. The fraction of sp³-hybridized carbons (Fsp3) is 0.333. The molecule has 0 unspecified atom stereocenters. The van der Waals surface area contributed by atoms with E-state index in [1.54, 1.807) is 6.07 Å². The molecule has 0 saturated heterocycles. The molecule has 18 heavy (non-hydrogen) atoms. The molecule has 1 rings (SSSR count). The van der Waals surface area contributed by atoms with Crippen molar-refractivity contribution in [1.29, 1.82) is 0 Å². The Bertz CT molecular complexity index is 446. The van der Waals surface area contributed by atoms with Crippen LogP contribution < -0.4 is 15.8 Å². The van der Waals surface area contributed by atoms with E-state index in [9.17, 15) is 9.59 Å². The molecule has 0 aliphatic heterocycles. The summed E-state index contributed by atoms with van der Waals surface area (Å²) in [7, 11) is 3.00. The molecule has 0 heterocycles. The van der Waals surface area contributed by atoms with Gasteiger partial charge in [-0.3, -0.25) is 4.79 Å². The van der Waals surface area contributed by atoms with Crippen molar-refractivity contribution in [3.05, 3.63) is 23.8 Å². The number of carbonyl (C=O) groups excluding carboxylic acids is 2. The molecular weight excluding hydrogens is 236 g/mol. The van der Waals surface area contributed by atoms with Crippen LogP contribution >= 0.6 is 0 Å². The van der Waals surface area contributed by atoms with Crippen molar-refractivity contribution in [2.75, 3.05) is 26.5 Å². The predicted octanol–water partition coefficient (Wildman–Crippen LogP) is 0.570. The maximum atomic E-state index is 11.7. The van der Waals surface area contributed by atoms with Gasteiger partial charge in [-0.25, -0.2) is 4.79 Å². The molecule has 6 nitrogen and oxygen atoms in total. The number of carbonyl (C=O) groups is 2. The van der Waals surface area contributed by atoms with Crippen molar-refractivity contribution in [2.45, 2.75) is 6.42 Å². The zero-order valence-electron chi connectivity index (χ0n) is 10.4. The maximum absolute atomic E-state index is 11.7. The number of hydrogen-bond acceptors (Lipinski definition) is 5. The smallest absolute Gasteiger partial charge is 0.338 e. The average molecular weight is 252 g/mol. The lowest BCUT2D eigenvalue weighted by atomic mass is 10.2. The van der Waals surface area contributed by atoms with Crippen LogP contribution in [-0.2, 0) is 9.53 Å². The molecule has 0 atom stereocenters. The molecule has 0 radical (unpaired) electrons. The number of ether oxygens (including phenoxy) is 2. The SMILES string of the molecule is CNC(=O)CCOC(=O)c1cc(N)cc(OC)c1. The Kier molecular flexibility index (Phi) is 4.98. The van der Waals surface area contributed by atoms with Gasteiger partial charge in [0.2, 0.25) is 5.91 Å². The lowest BCUT2D eigenvalue weighted by molar-refractivity contribution is -0.121. The molecule has 1 amide bonds. The largest absolute Gasteiger partial charge is 0.497 e. The Balaban J connectivity index is 2.61. The molecule has 0 fully saturated rings.